The number of fused-ring (bicyclic) bond motifs is 1. The number of hydrogen-bond acceptors (Lipinski definition) is 6. The van der Waals surface area contributed by atoms with Crippen molar-refractivity contribution in [1.29, 1.82) is 0 Å². The fourth-order valence-corrected chi connectivity index (χ4v) is 6.40. The molecule has 1 atom stereocenters. The number of methoxy groups -OCH3 is 1. The summed E-state index contributed by atoms with van der Waals surface area (Å²) in [7, 11) is 1.69. The van der Waals surface area contributed by atoms with Gasteiger partial charge in [-0.25, -0.2) is 4.98 Å². The average Bonchev–Trinajstić information content (AvgIpc) is 3.67. The molecule has 0 bridgehead atoms. The minimum absolute atomic E-state index is 0.0377. The number of nitrogens with one attached hydrogen (secondary N) is 1. The van der Waals surface area contributed by atoms with E-state index in [1.165, 1.54) is 0 Å². The van der Waals surface area contributed by atoms with Crippen molar-refractivity contribution in [3.8, 4) is 11.4 Å². The molecule has 3 aliphatic rings. The lowest BCUT2D eigenvalue weighted by molar-refractivity contribution is -0.127. The largest absolute Gasteiger partial charge is 0.495 e. The van der Waals surface area contributed by atoms with Crippen molar-refractivity contribution in [1.82, 2.24) is 19.8 Å². The molecule has 2 aliphatic heterocycles. The second-order valence-corrected chi connectivity index (χ2v) is 11.0. The summed E-state index contributed by atoms with van der Waals surface area (Å²) in [6, 6.07) is 16.5. The van der Waals surface area contributed by atoms with E-state index < -0.39 is 5.41 Å². The second-order valence-electron chi connectivity index (χ2n) is 11.0. The Kier molecular flexibility index (Phi) is 7.32. The lowest BCUT2D eigenvalue weighted by Gasteiger charge is -2.40. The maximum atomic E-state index is 13.6. The number of ether oxygens (including phenoxy) is 1. The third-order valence-electron chi connectivity index (χ3n) is 8.51. The van der Waals surface area contributed by atoms with Gasteiger partial charge >= 0.3 is 0 Å². The molecule has 208 valence electrons. The highest BCUT2D eigenvalue weighted by atomic mass is 16.6. The molecule has 0 spiro atoms. The Morgan fingerprint density at radius 2 is 2.00 bits per heavy atom. The van der Waals surface area contributed by atoms with Crippen molar-refractivity contribution in [2.24, 2.45) is 5.16 Å². The van der Waals surface area contributed by atoms with Crippen LogP contribution in [0.15, 0.2) is 71.8 Å². The molecule has 1 N–H and O–H groups in total. The molecule has 1 aliphatic carbocycles. The molecule has 40 heavy (non-hydrogen) atoms. The molecular weight excluding hydrogens is 502 g/mol. The Balaban J connectivity index is 1.18. The molecule has 1 saturated heterocycles. The first-order chi connectivity index (χ1) is 19.6. The molecule has 0 radical (unpaired) electrons. The third-order valence-corrected chi connectivity index (χ3v) is 8.51. The van der Waals surface area contributed by atoms with Crippen LogP contribution in [-0.4, -0.2) is 59.0 Å². The highest BCUT2D eigenvalue weighted by Gasteiger charge is 2.43. The van der Waals surface area contributed by atoms with E-state index in [1.807, 2.05) is 42.0 Å². The smallest absolute Gasteiger partial charge is 0.230 e. The Morgan fingerprint density at radius 1 is 1.18 bits per heavy atom. The minimum Gasteiger partial charge on any atom is -0.495 e. The number of oxime groups is 1. The zero-order valence-corrected chi connectivity index (χ0v) is 23.3. The van der Waals surface area contributed by atoms with Crippen molar-refractivity contribution in [2.45, 2.75) is 56.9 Å². The van der Waals surface area contributed by atoms with Gasteiger partial charge in [-0.2, -0.15) is 0 Å². The van der Waals surface area contributed by atoms with Gasteiger partial charge in [0.25, 0.3) is 0 Å². The summed E-state index contributed by atoms with van der Waals surface area (Å²) in [5.41, 5.74) is 4.77. The van der Waals surface area contributed by atoms with E-state index in [0.29, 0.717) is 13.2 Å². The van der Waals surface area contributed by atoms with E-state index in [9.17, 15) is 4.79 Å². The van der Waals surface area contributed by atoms with Crippen molar-refractivity contribution < 1.29 is 14.4 Å². The lowest BCUT2D eigenvalue weighted by Crippen LogP contribution is -2.55. The molecule has 6 rings (SSSR count). The Hall–Kier alpha value is -4.07. The van der Waals surface area contributed by atoms with E-state index >= 15 is 0 Å². The van der Waals surface area contributed by atoms with Gasteiger partial charge in [-0.3, -0.25) is 4.79 Å². The molecular formula is C32H37N5O3. The van der Waals surface area contributed by atoms with Crippen LogP contribution in [0.5, 0.6) is 5.75 Å². The summed E-state index contributed by atoms with van der Waals surface area (Å²) < 4.78 is 7.69. The first-order valence-electron chi connectivity index (χ1n) is 14.3. The maximum Gasteiger partial charge on any atom is 0.230 e. The molecule has 8 nitrogen and oxygen atoms in total. The number of rotatable bonds is 7. The van der Waals surface area contributed by atoms with Crippen LogP contribution in [0.25, 0.3) is 11.8 Å². The van der Waals surface area contributed by atoms with Crippen LogP contribution >= 0.6 is 0 Å². The number of hydrogen-bond donors (Lipinski definition) is 1. The van der Waals surface area contributed by atoms with Crippen molar-refractivity contribution in [2.75, 3.05) is 26.8 Å². The van der Waals surface area contributed by atoms with Crippen LogP contribution in [0.4, 0.5) is 0 Å². The summed E-state index contributed by atoms with van der Waals surface area (Å²) in [5.74, 6) is 1.78. The van der Waals surface area contributed by atoms with Crippen molar-refractivity contribution in [3.63, 3.8) is 0 Å². The minimum atomic E-state index is -0.429. The summed E-state index contributed by atoms with van der Waals surface area (Å²) in [5, 5.41) is 7.78. The van der Waals surface area contributed by atoms with Crippen LogP contribution in [-0.2, 0) is 15.0 Å². The van der Waals surface area contributed by atoms with Gasteiger partial charge in [-0.15, -0.1) is 0 Å². The van der Waals surface area contributed by atoms with Crippen LogP contribution in [0.2, 0.25) is 0 Å². The van der Waals surface area contributed by atoms with Crippen LogP contribution in [0, 0.1) is 6.92 Å². The molecule has 1 aromatic heterocycles. The number of amides is 1. The first-order valence-corrected chi connectivity index (χ1v) is 14.3. The number of aromatic nitrogens is 2. The summed E-state index contributed by atoms with van der Waals surface area (Å²) in [6.45, 7) is 3.86. The predicted octanol–water partition coefficient (Wildman–Crippen LogP) is 5.01. The van der Waals surface area contributed by atoms with E-state index in [-0.39, 0.29) is 11.9 Å². The Bertz CT molecular complexity index is 1420. The van der Waals surface area contributed by atoms with Gasteiger partial charge in [0, 0.05) is 19.3 Å². The standard InChI is InChI=1S/C32H37N5O3/c1-23-20-36(22-34-23)28-13-12-24(18-29(28)39-2)17-25-9-8-16-37-27(21-40-35-30(25)37)19-33-31(38)32(14-6-7-15-32)26-10-4-3-5-11-26/h3-5,10-13,17-18,20,22,27H,6-9,14-16,19,21H2,1-2H3,(H,33,38)/t27-/m0/s1. The molecule has 8 heteroatoms. The van der Waals surface area contributed by atoms with Gasteiger partial charge < -0.3 is 24.4 Å². The zero-order chi connectivity index (χ0) is 27.5. The molecule has 3 heterocycles. The fraction of sp³-hybridized carbons (Fsp3) is 0.406. The van der Waals surface area contributed by atoms with E-state index in [1.54, 1.807) is 13.4 Å². The van der Waals surface area contributed by atoms with Gasteiger partial charge in [0.1, 0.15) is 12.4 Å². The van der Waals surface area contributed by atoms with E-state index in [0.717, 1.165) is 84.7 Å². The van der Waals surface area contributed by atoms with Crippen LogP contribution < -0.4 is 10.1 Å². The van der Waals surface area contributed by atoms with Gasteiger partial charge in [-0.1, -0.05) is 54.4 Å². The predicted molar refractivity (Wildman–Crippen MR) is 156 cm³/mol. The number of imidazole rings is 1. The van der Waals surface area contributed by atoms with Gasteiger partial charge in [-0.05, 0) is 67.5 Å². The van der Waals surface area contributed by atoms with Gasteiger partial charge in [0.2, 0.25) is 5.91 Å². The number of carbonyl (C=O) groups is 1. The second kappa shape index (κ2) is 11.2. The SMILES string of the molecule is COc1cc(C=C2CCCN3C2=NOC[C@@H]3CNC(=O)C2(c3ccccc3)CCCC2)ccc1-n1cnc(C)c1. The monoisotopic (exact) mass is 539 g/mol. The van der Waals surface area contributed by atoms with Crippen molar-refractivity contribution in [3.05, 3.63) is 83.4 Å². The number of piperidine rings is 1. The molecule has 0 unspecified atom stereocenters. The maximum absolute atomic E-state index is 13.6. The number of benzene rings is 2. The number of carbonyl (C=O) groups excluding carboxylic acids is 1. The highest BCUT2D eigenvalue weighted by molar-refractivity contribution is 6.03. The topological polar surface area (TPSA) is 81.0 Å². The molecule has 3 aromatic rings. The molecule has 1 saturated carbocycles. The van der Waals surface area contributed by atoms with Crippen LogP contribution in [0.3, 0.4) is 0 Å². The zero-order valence-electron chi connectivity index (χ0n) is 23.3. The molecule has 2 fully saturated rings. The van der Waals surface area contributed by atoms with Gasteiger partial charge in [0.15, 0.2) is 5.84 Å². The fourth-order valence-electron chi connectivity index (χ4n) is 6.40. The number of nitrogens with zero attached hydrogens (tertiary/aromatic N) is 4. The van der Waals surface area contributed by atoms with E-state index in [2.05, 4.69) is 50.7 Å². The third kappa shape index (κ3) is 4.98. The first kappa shape index (κ1) is 26.2. The number of aryl methyl sites for hydroxylation is 1. The highest BCUT2D eigenvalue weighted by Crippen LogP contribution is 2.41. The Morgan fingerprint density at radius 3 is 2.75 bits per heavy atom. The summed E-state index contributed by atoms with van der Waals surface area (Å²) >= 11 is 0. The number of amidine groups is 1. The molecule has 1 amide bonds. The summed E-state index contributed by atoms with van der Waals surface area (Å²) in [6.07, 6.45) is 11.9. The van der Waals surface area contributed by atoms with Gasteiger partial charge in [0.05, 0.1) is 36.3 Å². The Labute approximate surface area is 235 Å². The van der Waals surface area contributed by atoms with Crippen molar-refractivity contribution >= 4 is 17.8 Å². The van der Waals surface area contributed by atoms with E-state index in [4.69, 9.17) is 9.57 Å². The molecule has 2 aromatic carbocycles. The van der Waals surface area contributed by atoms with Crippen LogP contribution in [0.1, 0.15) is 55.3 Å². The summed E-state index contributed by atoms with van der Waals surface area (Å²) in [4.78, 5) is 26.0. The lowest BCUT2D eigenvalue weighted by atomic mass is 9.78. The quantitative estimate of drug-likeness (QED) is 0.457. The average molecular weight is 540 g/mol. The normalized spacial score (nSPS) is 20.9.